The number of nitrogens with zero attached hydrogens (tertiary/aromatic N) is 2. The lowest BCUT2D eigenvalue weighted by Crippen LogP contribution is -2.24. The number of hydrogen-bond donors (Lipinski definition) is 1. The maximum atomic E-state index is 13.0. The van der Waals surface area contributed by atoms with E-state index in [0.717, 1.165) is 11.8 Å². The van der Waals surface area contributed by atoms with E-state index in [0.29, 0.717) is 21.8 Å². The number of ether oxygens (including phenoxy) is 1. The average molecular weight is 457 g/mol. The molecular weight excluding hydrogens is 440 g/mol. The Hall–Kier alpha value is -3.66. The van der Waals surface area contributed by atoms with Crippen LogP contribution in [0.25, 0.3) is 10.9 Å². The van der Waals surface area contributed by atoms with Gasteiger partial charge in [0.15, 0.2) is 5.16 Å². The van der Waals surface area contributed by atoms with Crippen molar-refractivity contribution in [2.24, 2.45) is 0 Å². The SMILES string of the molecule is O=C(CSc1nc2ccccc2c(=O)n1Cc1ccco1)Nc1ccccc1OC(F)F. The summed E-state index contributed by atoms with van der Waals surface area (Å²) in [5.41, 5.74) is 0.371. The lowest BCUT2D eigenvalue weighted by molar-refractivity contribution is -0.113. The highest BCUT2D eigenvalue weighted by atomic mass is 32.2. The number of rotatable bonds is 8. The number of carbonyl (C=O) groups excluding carboxylic acids is 1. The number of benzene rings is 2. The van der Waals surface area contributed by atoms with Gasteiger partial charge in [-0.15, -0.1) is 0 Å². The molecule has 1 N–H and O–H groups in total. The fourth-order valence-electron chi connectivity index (χ4n) is 3.04. The number of hydrogen-bond acceptors (Lipinski definition) is 6. The van der Waals surface area contributed by atoms with Crippen molar-refractivity contribution in [1.29, 1.82) is 0 Å². The van der Waals surface area contributed by atoms with E-state index in [1.54, 1.807) is 42.5 Å². The molecule has 0 radical (unpaired) electrons. The number of amides is 1. The van der Waals surface area contributed by atoms with Crippen LogP contribution in [0.15, 0.2) is 81.3 Å². The molecule has 4 rings (SSSR count). The van der Waals surface area contributed by atoms with Gasteiger partial charge >= 0.3 is 6.61 Å². The van der Waals surface area contributed by atoms with Crippen molar-refractivity contribution in [3.8, 4) is 5.75 Å². The van der Waals surface area contributed by atoms with Gasteiger partial charge in [0.25, 0.3) is 5.56 Å². The number of carbonyl (C=O) groups is 1. The first kappa shape index (κ1) is 21.6. The zero-order valence-electron chi connectivity index (χ0n) is 16.5. The molecule has 10 heteroatoms. The highest BCUT2D eigenvalue weighted by Crippen LogP contribution is 2.26. The molecule has 4 aromatic rings. The Labute approximate surface area is 185 Å². The highest BCUT2D eigenvalue weighted by Gasteiger charge is 2.16. The maximum absolute atomic E-state index is 13.0. The predicted molar refractivity (Wildman–Crippen MR) is 116 cm³/mol. The molecule has 0 fully saturated rings. The molecule has 0 saturated heterocycles. The van der Waals surface area contributed by atoms with E-state index in [-0.39, 0.29) is 29.3 Å². The van der Waals surface area contributed by atoms with Gasteiger partial charge in [0, 0.05) is 0 Å². The summed E-state index contributed by atoms with van der Waals surface area (Å²) in [7, 11) is 0. The van der Waals surface area contributed by atoms with Crippen molar-refractivity contribution in [2.45, 2.75) is 18.3 Å². The Balaban J connectivity index is 1.56. The monoisotopic (exact) mass is 457 g/mol. The van der Waals surface area contributed by atoms with Crippen LogP contribution in [0.3, 0.4) is 0 Å². The molecule has 32 heavy (non-hydrogen) atoms. The Morgan fingerprint density at radius 1 is 1.12 bits per heavy atom. The highest BCUT2D eigenvalue weighted by molar-refractivity contribution is 7.99. The minimum absolute atomic E-state index is 0.105. The van der Waals surface area contributed by atoms with Crippen molar-refractivity contribution >= 4 is 34.3 Å². The summed E-state index contributed by atoms with van der Waals surface area (Å²) in [5.74, 6) is -0.147. The Morgan fingerprint density at radius 2 is 1.91 bits per heavy atom. The summed E-state index contributed by atoms with van der Waals surface area (Å²) >= 11 is 1.05. The van der Waals surface area contributed by atoms with Gasteiger partial charge in [-0.05, 0) is 36.4 Å². The number of aromatic nitrogens is 2. The number of thioether (sulfide) groups is 1. The molecule has 0 spiro atoms. The quantitative estimate of drug-likeness (QED) is 0.312. The van der Waals surface area contributed by atoms with Crippen LogP contribution < -0.4 is 15.6 Å². The number of alkyl halides is 2. The molecule has 0 saturated carbocycles. The van der Waals surface area contributed by atoms with Crippen LogP contribution in [0.1, 0.15) is 5.76 Å². The second-order valence-electron chi connectivity index (χ2n) is 6.59. The third-order valence-electron chi connectivity index (χ3n) is 4.43. The Kier molecular flexibility index (Phi) is 6.50. The second-order valence-corrected chi connectivity index (χ2v) is 7.54. The van der Waals surface area contributed by atoms with Crippen LogP contribution in [0.2, 0.25) is 0 Å². The number of furan rings is 1. The fourth-order valence-corrected chi connectivity index (χ4v) is 3.84. The van der Waals surface area contributed by atoms with Gasteiger partial charge < -0.3 is 14.5 Å². The first-order valence-electron chi connectivity index (χ1n) is 9.49. The number of fused-ring (bicyclic) bond motifs is 1. The summed E-state index contributed by atoms with van der Waals surface area (Å²) < 4.78 is 36.4. The third kappa shape index (κ3) is 4.97. The van der Waals surface area contributed by atoms with Gasteiger partial charge in [-0.1, -0.05) is 36.0 Å². The number of anilines is 1. The summed E-state index contributed by atoms with van der Waals surface area (Å²) in [4.78, 5) is 30.1. The summed E-state index contributed by atoms with van der Waals surface area (Å²) in [6.07, 6.45) is 1.51. The van der Waals surface area contributed by atoms with E-state index in [1.165, 1.54) is 29.0 Å². The van der Waals surface area contributed by atoms with E-state index in [1.807, 2.05) is 0 Å². The largest absolute Gasteiger partial charge is 0.467 e. The van der Waals surface area contributed by atoms with E-state index in [9.17, 15) is 18.4 Å². The van der Waals surface area contributed by atoms with Crippen molar-refractivity contribution in [3.63, 3.8) is 0 Å². The lowest BCUT2D eigenvalue weighted by Gasteiger charge is -2.13. The molecule has 0 unspecified atom stereocenters. The second kappa shape index (κ2) is 9.65. The molecule has 0 bridgehead atoms. The van der Waals surface area contributed by atoms with Crippen LogP contribution in [0.4, 0.5) is 14.5 Å². The molecule has 0 atom stereocenters. The molecule has 0 aliphatic rings. The minimum Gasteiger partial charge on any atom is -0.467 e. The third-order valence-corrected chi connectivity index (χ3v) is 5.41. The first-order valence-corrected chi connectivity index (χ1v) is 10.5. The van der Waals surface area contributed by atoms with Crippen LogP contribution in [0.5, 0.6) is 5.75 Å². The topological polar surface area (TPSA) is 86.4 Å². The number of halogens is 2. The van der Waals surface area contributed by atoms with Crippen LogP contribution in [-0.4, -0.2) is 27.8 Å². The minimum atomic E-state index is -3.01. The molecule has 164 valence electrons. The summed E-state index contributed by atoms with van der Waals surface area (Å²) in [5, 5.41) is 3.33. The number of para-hydroxylation sites is 3. The Bertz CT molecular complexity index is 1290. The molecular formula is C22H17F2N3O4S. The number of nitrogens with one attached hydrogen (secondary N) is 1. The van der Waals surface area contributed by atoms with Gasteiger partial charge in [0.05, 0.1) is 35.2 Å². The van der Waals surface area contributed by atoms with Crippen molar-refractivity contribution in [3.05, 3.63) is 83.0 Å². The van der Waals surface area contributed by atoms with Crippen molar-refractivity contribution < 1.29 is 22.7 Å². The Morgan fingerprint density at radius 3 is 2.69 bits per heavy atom. The molecule has 0 aliphatic carbocycles. The molecule has 7 nitrogen and oxygen atoms in total. The molecule has 2 heterocycles. The molecule has 1 amide bonds. The zero-order chi connectivity index (χ0) is 22.5. The smallest absolute Gasteiger partial charge is 0.387 e. The van der Waals surface area contributed by atoms with Crippen LogP contribution in [-0.2, 0) is 11.3 Å². The van der Waals surface area contributed by atoms with Gasteiger partial charge in [0.1, 0.15) is 11.5 Å². The fraction of sp³-hybridized carbons (Fsp3) is 0.136. The van der Waals surface area contributed by atoms with Gasteiger partial charge in [-0.3, -0.25) is 14.2 Å². The van der Waals surface area contributed by atoms with Gasteiger partial charge in [0.2, 0.25) is 5.91 Å². The molecule has 0 aliphatic heterocycles. The van der Waals surface area contributed by atoms with Crippen molar-refractivity contribution in [2.75, 3.05) is 11.1 Å². The van der Waals surface area contributed by atoms with E-state index >= 15 is 0 Å². The van der Waals surface area contributed by atoms with Crippen LogP contribution >= 0.6 is 11.8 Å². The van der Waals surface area contributed by atoms with E-state index in [4.69, 9.17) is 4.42 Å². The van der Waals surface area contributed by atoms with Crippen molar-refractivity contribution in [1.82, 2.24) is 9.55 Å². The van der Waals surface area contributed by atoms with E-state index < -0.39 is 12.5 Å². The van der Waals surface area contributed by atoms with Crippen LogP contribution in [0, 0.1) is 0 Å². The molecule has 2 aromatic carbocycles. The first-order chi connectivity index (χ1) is 15.5. The maximum Gasteiger partial charge on any atom is 0.387 e. The zero-order valence-corrected chi connectivity index (χ0v) is 17.4. The average Bonchev–Trinajstić information content (AvgIpc) is 3.29. The summed E-state index contributed by atoms with van der Waals surface area (Å²) in [6, 6.07) is 16.3. The predicted octanol–water partition coefficient (Wildman–Crippen LogP) is 4.37. The van der Waals surface area contributed by atoms with Gasteiger partial charge in [-0.25, -0.2) is 4.98 Å². The normalized spacial score (nSPS) is 11.1. The van der Waals surface area contributed by atoms with E-state index in [2.05, 4.69) is 15.0 Å². The summed E-state index contributed by atoms with van der Waals surface area (Å²) in [6.45, 7) is -2.86. The lowest BCUT2D eigenvalue weighted by atomic mass is 10.2. The standard InChI is InChI=1S/C22H17F2N3O4S/c23-21(24)31-18-10-4-3-9-17(18)25-19(28)13-32-22-26-16-8-2-1-7-15(16)20(29)27(22)12-14-6-5-11-30-14/h1-11,21H,12-13H2,(H,25,28). The van der Waals surface area contributed by atoms with Gasteiger partial charge in [-0.2, -0.15) is 8.78 Å². The molecule has 2 aromatic heterocycles.